The third kappa shape index (κ3) is 5.00. The number of aryl methyl sites for hydroxylation is 2. The van der Waals surface area contributed by atoms with E-state index in [0.29, 0.717) is 51.9 Å². The molecule has 33 heavy (non-hydrogen) atoms. The van der Waals surface area contributed by atoms with Crippen LogP contribution in [0.4, 0.5) is 20.3 Å². The minimum atomic E-state index is -2.73. The van der Waals surface area contributed by atoms with Crippen LogP contribution in [0.1, 0.15) is 40.7 Å². The number of rotatable bonds is 4. The number of benzene rings is 1. The van der Waals surface area contributed by atoms with Gasteiger partial charge in [0.2, 0.25) is 5.92 Å². The van der Waals surface area contributed by atoms with Crippen LogP contribution in [-0.2, 0) is 7.05 Å². The molecule has 1 aliphatic rings. The average molecular weight is 474 g/mol. The van der Waals surface area contributed by atoms with E-state index in [-0.39, 0.29) is 25.3 Å². The molecule has 0 saturated carbocycles. The van der Waals surface area contributed by atoms with Crippen LogP contribution in [0.3, 0.4) is 0 Å². The van der Waals surface area contributed by atoms with E-state index in [0.717, 1.165) is 5.56 Å². The first-order chi connectivity index (χ1) is 15.6. The molecule has 6 nitrogen and oxygen atoms in total. The highest BCUT2D eigenvalue weighted by molar-refractivity contribution is 6.34. The second-order valence-electron chi connectivity index (χ2n) is 8.52. The van der Waals surface area contributed by atoms with Gasteiger partial charge >= 0.3 is 0 Å². The summed E-state index contributed by atoms with van der Waals surface area (Å²) in [7, 11) is 1.78. The fourth-order valence-corrected chi connectivity index (χ4v) is 4.34. The normalized spacial score (nSPS) is 15.9. The predicted molar refractivity (Wildman–Crippen MR) is 126 cm³/mol. The quantitative estimate of drug-likeness (QED) is 0.533. The van der Waals surface area contributed by atoms with Gasteiger partial charge in [-0.25, -0.2) is 13.8 Å². The van der Waals surface area contributed by atoms with Gasteiger partial charge in [-0.3, -0.25) is 9.48 Å². The Labute approximate surface area is 196 Å². The van der Waals surface area contributed by atoms with Gasteiger partial charge in [0.05, 0.1) is 22.5 Å². The fraction of sp³-hybridized carbons (Fsp3) is 0.375. The van der Waals surface area contributed by atoms with E-state index >= 15 is 0 Å². The summed E-state index contributed by atoms with van der Waals surface area (Å²) in [6.45, 7) is 4.16. The summed E-state index contributed by atoms with van der Waals surface area (Å²) in [5, 5.41) is 7.44. The second-order valence-corrected chi connectivity index (χ2v) is 8.90. The molecule has 0 bridgehead atoms. The molecule has 0 aliphatic carbocycles. The highest BCUT2D eigenvalue weighted by Gasteiger charge is 2.34. The molecule has 1 aliphatic heterocycles. The molecule has 0 radical (unpaired) electrons. The first kappa shape index (κ1) is 23.2. The molecule has 3 aromatic rings. The number of nitrogens with one attached hydrogen (secondary N) is 1. The highest BCUT2D eigenvalue weighted by atomic mass is 35.5. The van der Waals surface area contributed by atoms with E-state index < -0.39 is 5.92 Å². The van der Waals surface area contributed by atoms with Crippen LogP contribution in [0, 0.1) is 13.8 Å². The van der Waals surface area contributed by atoms with Gasteiger partial charge in [0.15, 0.2) is 0 Å². The van der Waals surface area contributed by atoms with Gasteiger partial charge in [0, 0.05) is 50.4 Å². The molecule has 3 heterocycles. The summed E-state index contributed by atoms with van der Waals surface area (Å²) in [6, 6.07) is 7.45. The van der Waals surface area contributed by atoms with E-state index in [4.69, 9.17) is 16.6 Å². The molecule has 174 valence electrons. The summed E-state index contributed by atoms with van der Waals surface area (Å²) < 4.78 is 29.8. The lowest BCUT2D eigenvalue weighted by molar-refractivity contribution is -0.0102. The van der Waals surface area contributed by atoms with Gasteiger partial charge < -0.3 is 10.2 Å². The zero-order valence-electron chi connectivity index (χ0n) is 18.8. The van der Waals surface area contributed by atoms with Gasteiger partial charge in [0.25, 0.3) is 5.91 Å². The number of hydrogen-bond acceptors (Lipinski definition) is 4. The molecule has 1 N–H and O–H groups in total. The molecule has 1 fully saturated rings. The zero-order chi connectivity index (χ0) is 23.8. The summed E-state index contributed by atoms with van der Waals surface area (Å²) >= 11 is 6.68. The van der Waals surface area contributed by atoms with E-state index in [1.54, 1.807) is 42.0 Å². The van der Waals surface area contributed by atoms with Crippen molar-refractivity contribution in [1.82, 2.24) is 14.8 Å². The van der Waals surface area contributed by atoms with E-state index in [2.05, 4.69) is 10.4 Å². The Morgan fingerprint density at radius 1 is 1.21 bits per heavy atom. The van der Waals surface area contributed by atoms with Gasteiger partial charge in [-0.2, -0.15) is 5.10 Å². The topological polar surface area (TPSA) is 63.1 Å². The summed E-state index contributed by atoms with van der Waals surface area (Å²) in [5.74, 6) is -2.75. The number of alkyl halides is 2. The first-order valence-electron chi connectivity index (χ1n) is 10.8. The first-order valence-corrected chi connectivity index (χ1v) is 11.2. The molecule has 9 heteroatoms. The lowest BCUT2D eigenvalue weighted by atomic mass is 10.0. The Hall–Kier alpha value is -3.00. The summed E-state index contributed by atoms with van der Waals surface area (Å²) in [6.07, 6.45) is 3.24. The maximum absolute atomic E-state index is 14.1. The lowest BCUT2D eigenvalue weighted by Crippen LogP contribution is -2.30. The van der Waals surface area contributed by atoms with Crippen LogP contribution < -0.4 is 10.2 Å². The maximum Gasteiger partial charge on any atom is 0.259 e. The molecule has 2 aromatic heterocycles. The Kier molecular flexibility index (Phi) is 6.38. The third-order valence-electron chi connectivity index (χ3n) is 5.85. The largest absolute Gasteiger partial charge is 0.356 e. The van der Waals surface area contributed by atoms with Crippen molar-refractivity contribution < 1.29 is 13.6 Å². The molecule has 1 aromatic carbocycles. The minimum Gasteiger partial charge on any atom is -0.356 e. The zero-order valence-corrected chi connectivity index (χ0v) is 19.6. The molecular formula is C24H26ClF2N5O. The number of aromatic nitrogens is 3. The number of anilines is 2. The number of amides is 1. The van der Waals surface area contributed by atoms with Crippen molar-refractivity contribution in [3.8, 4) is 11.3 Å². The van der Waals surface area contributed by atoms with Gasteiger partial charge in [-0.05, 0) is 43.5 Å². The molecule has 0 atom stereocenters. The van der Waals surface area contributed by atoms with Crippen molar-refractivity contribution in [3.05, 3.63) is 58.4 Å². The minimum absolute atomic E-state index is 0.0955. The molecule has 0 unspecified atom stereocenters. The molecule has 4 rings (SSSR count). The lowest BCUT2D eigenvalue weighted by Gasteiger charge is -2.26. The monoisotopic (exact) mass is 473 g/mol. The number of carbonyl (C=O) groups excluding carboxylic acids is 1. The van der Waals surface area contributed by atoms with Gasteiger partial charge in [-0.15, -0.1) is 0 Å². The van der Waals surface area contributed by atoms with Gasteiger partial charge in [0.1, 0.15) is 5.82 Å². The van der Waals surface area contributed by atoms with E-state index in [9.17, 15) is 13.6 Å². The van der Waals surface area contributed by atoms with Crippen molar-refractivity contribution in [2.45, 2.75) is 39.0 Å². The van der Waals surface area contributed by atoms with Crippen LogP contribution >= 0.6 is 11.6 Å². The number of hydrogen-bond donors (Lipinski definition) is 1. The Bertz CT molecular complexity index is 1190. The van der Waals surface area contributed by atoms with Crippen molar-refractivity contribution in [2.75, 3.05) is 23.3 Å². The Balaban J connectivity index is 1.81. The average Bonchev–Trinajstić information content (AvgIpc) is 3.09. The SMILES string of the molecule is Cc1cccc(NC(=O)c2c(N3CCCC(F)(F)CC3)nc(-c3cnn(C)c3)c(Cl)c2C)c1. The standard InChI is InChI=1S/C24H26ClF2N5O/c1-15-6-4-7-18(12-15)29-23(33)19-16(2)20(25)21(17-13-28-31(3)14-17)30-22(19)32-10-5-8-24(26,27)9-11-32/h4,6-7,12-14H,5,8-11H2,1-3H3,(H,29,33). The van der Waals surface area contributed by atoms with Crippen molar-refractivity contribution in [2.24, 2.45) is 7.05 Å². The highest BCUT2D eigenvalue weighted by Crippen LogP contribution is 2.37. The van der Waals surface area contributed by atoms with Crippen molar-refractivity contribution in [3.63, 3.8) is 0 Å². The number of nitrogens with zero attached hydrogens (tertiary/aromatic N) is 4. The van der Waals surface area contributed by atoms with Crippen molar-refractivity contribution in [1.29, 1.82) is 0 Å². The maximum atomic E-state index is 14.1. The molecule has 1 amide bonds. The van der Waals surface area contributed by atoms with Crippen LogP contribution in [-0.4, -0.2) is 39.7 Å². The number of halogens is 3. The Morgan fingerprint density at radius 3 is 2.70 bits per heavy atom. The molecular weight excluding hydrogens is 448 g/mol. The Morgan fingerprint density at radius 2 is 2.00 bits per heavy atom. The predicted octanol–water partition coefficient (Wildman–Crippen LogP) is 5.63. The fourth-order valence-electron chi connectivity index (χ4n) is 4.09. The van der Waals surface area contributed by atoms with E-state index in [1.807, 2.05) is 25.1 Å². The van der Waals surface area contributed by atoms with Crippen LogP contribution in [0.15, 0.2) is 36.7 Å². The van der Waals surface area contributed by atoms with Crippen LogP contribution in [0.2, 0.25) is 5.02 Å². The summed E-state index contributed by atoms with van der Waals surface area (Å²) in [4.78, 5) is 19.9. The third-order valence-corrected chi connectivity index (χ3v) is 6.31. The number of pyridine rings is 1. The van der Waals surface area contributed by atoms with Gasteiger partial charge in [-0.1, -0.05) is 23.7 Å². The molecule has 1 saturated heterocycles. The van der Waals surface area contributed by atoms with Crippen molar-refractivity contribution >= 4 is 29.0 Å². The van der Waals surface area contributed by atoms with Crippen LogP contribution in [0.5, 0.6) is 0 Å². The molecule has 0 spiro atoms. The summed E-state index contributed by atoms with van der Waals surface area (Å²) in [5.41, 5.74) is 3.64. The second kappa shape index (κ2) is 9.09. The van der Waals surface area contributed by atoms with E-state index in [1.165, 1.54) is 0 Å². The van der Waals surface area contributed by atoms with Crippen LogP contribution in [0.25, 0.3) is 11.3 Å². The number of carbonyl (C=O) groups is 1. The smallest absolute Gasteiger partial charge is 0.259 e.